The van der Waals surface area contributed by atoms with E-state index in [4.69, 9.17) is 9.47 Å². The molecule has 0 bridgehead atoms. The Bertz CT molecular complexity index is 1400. The molecule has 2 aliphatic heterocycles. The van der Waals surface area contributed by atoms with E-state index in [-0.39, 0.29) is 6.71 Å². The van der Waals surface area contributed by atoms with Crippen LogP contribution in [0.25, 0.3) is 21.5 Å². The summed E-state index contributed by atoms with van der Waals surface area (Å²) in [6, 6.07) is 23.5. The van der Waals surface area contributed by atoms with Crippen molar-refractivity contribution in [2.75, 3.05) is 0 Å². The van der Waals surface area contributed by atoms with Gasteiger partial charge in [-0.05, 0) is 57.6 Å². The molecule has 0 saturated carbocycles. The fourth-order valence-electron chi connectivity index (χ4n) is 5.04. The minimum atomic E-state index is 0.102. The first kappa shape index (κ1) is 17.4. The van der Waals surface area contributed by atoms with Gasteiger partial charge in [0.1, 0.15) is 17.2 Å². The molecule has 3 heteroatoms. The van der Waals surface area contributed by atoms with Gasteiger partial charge in [-0.2, -0.15) is 0 Å². The Morgan fingerprint density at radius 2 is 1.50 bits per heavy atom. The van der Waals surface area contributed by atoms with Gasteiger partial charge < -0.3 is 9.47 Å². The molecular formula is C27H21BO2. The fraction of sp³-hybridized carbons (Fsp3) is 0.111. The maximum atomic E-state index is 6.41. The van der Waals surface area contributed by atoms with Crippen molar-refractivity contribution in [1.29, 1.82) is 0 Å². The highest BCUT2D eigenvalue weighted by atomic mass is 16.5. The standard InChI is InChI=1S/C27H21BO2/c1-3-8-21-22(4-2)29-23-11-7-12-24-27(23)28(21)26-20-14-13-17-9-5-6-10-18(17)19(20)15-16-25(26)30-24/h3,5-16H,4H2,1-2H3/b8-3-. The van der Waals surface area contributed by atoms with Crippen LogP contribution in [-0.4, -0.2) is 6.71 Å². The van der Waals surface area contributed by atoms with Crippen molar-refractivity contribution in [2.45, 2.75) is 20.3 Å². The first-order valence-electron chi connectivity index (χ1n) is 10.6. The summed E-state index contributed by atoms with van der Waals surface area (Å²) in [5, 5.41) is 5.04. The Morgan fingerprint density at radius 1 is 0.733 bits per heavy atom. The molecule has 0 atom stereocenters. The van der Waals surface area contributed by atoms with Crippen LogP contribution >= 0.6 is 0 Å². The third-order valence-corrected chi connectivity index (χ3v) is 6.28. The second-order valence-electron chi connectivity index (χ2n) is 7.90. The van der Waals surface area contributed by atoms with Crippen LogP contribution in [0.1, 0.15) is 20.3 Å². The molecule has 0 radical (unpaired) electrons. The van der Waals surface area contributed by atoms with E-state index in [2.05, 4.69) is 80.6 Å². The topological polar surface area (TPSA) is 18.5 Å². The molecule has 0 unspecified atom stereocenters. The van der Waals surface area contributed by atoms with E-state index >= 15 is 0 Å². The molecule has 0 fully saturated rings. The minimum Gasteiger partial charge on any atom is -0.463 e. The average molecular weight is 388 g/mol. The van der Waals surface area contributed by atoms with E-state index in [0.29, 0.717) is 0 Å². The van der Waals surface area contributed by atoms with Crippen LogP contribution in [0.4, 0.5) is 0 Å². The van der Waals surface area contributed by atoms with Gasteiger partial charge in [-0.25, -0.2) is 0 Å². The number of ether oxygens (including phenoxy) is 2. The largest absolute Gasteiger partial charge is 0.463 e. The number of benzene rings is 4. The number of fused-ring (bicyclic) bond motifs is 6. The number of rotatable bonds is 2. The molecule has 0 spiro atoms. The second kappa shape index (κ2) is 6.53. The maximum absolute atomic E-state index is 6.41. The lowest BCUT2D eigenvalue weighted by atomic mass is 9.33. The normalized spacial score (nSPS) is 14.7. The number of hydrogen-bond acceptors (Lipinski definition) is 2. The molecule has 0 saturated heterocycles. The highest BCUT2D eigenvalue weighted by Gasteiger charge is 2.41. The van der Waals surface area contributed by atoms with E-state index in [1.54, 1.807) is 0 Å². The Hall–Kier alpha value is -3.46. The highest BCUT2D eigenvalue weighted by molar-refractivity contribution is 6.95. The van der Waals surface area contributed by atoms with E-state index in [0.717, 1.165) is 34.9 Å². The van der Waals surface area contributed by atoms with Crippen molar-refractivity contribution < 1.29 is 9.47 Å². The molecule has 2 aliphatic rings. The summed E-state index contributed by atoms with van der Waals surface area (Å²) in [7, 11) is 0. The Balaban J connectivity index is 1.74. The predicted molar refractivity (Wildman–Crippen MR) is 126 cm³/mol. The Morgan fingerprint density at radius 3 is 2.33 bits per heavy atom. The second-order valence-corrected chi connectivity index (χ2v) is 7.90. The summed E-state index contributed by atoms with van der Waals surface area (Å²) in [4.78, 5) is 0. The minimum absolute atomic E-state index is 0.102. The lowest BCUT2D eigenvalue weighted by Gasteiger charge is -2.34. The van der Waals surface area contributed by atoms with Crippen LogP contribution in [0.15, 0.2) is 90.1 Å². The zero-order chi connectivity index (χ0) is 20.2. The van der Waals surface area contributed by atoms with Gasteiger partial charge in [-0.3, -0.25) is 0 Å². The number of hydrogen-bond donors (Lipinski definition) is 0. The van der Waals surface area contributed by atoms with Crippen LogP contribution in [0.5, 0.6) is 17.2 Å². The summed E-state index contributed by atoms with van der Waals surface area (Å²) in [6.45, 7) is 4.33. The van der Waals surface area contributed by atoms with E-state index in [9.17, 15) is 0 Å². The van der Waals surface area contributed by atoms with E-state index in [1.165, 1.54) is 32.5 Å². The van der Waals surface area contributed by atoms with Crippen LogP contribution in [0.2, 0.25) is 0 Å². The fourth-order valence-corrected chi connectivity index (χ4v) is 5.04. The van der Waals surface area contributed by atoms with E-state index in [1.807, 2.05) is 12.1 Å². The van der Waals surface area contributed by atoms with Gasteiger partial charge in [0, 0.05) is 11.9 Å². The van der Waals surface area contributed by atoms with Crippen LogP contribution < -0.4 is 20.4 Å². The van der Waals surface area contributed by atoms with Gasteiger partial charge in [-0.1, -0.05) is 67.6 Å². The van der Waals surface area contributed by atoms with Gasteiger partial charge in [0.05, 0.1) is 5.76 Å². The predicted octanol–water partition coefficient (Wildman–Crippen LogP) is 5.88. The zero-order valence-corrected chi connectivity index (χ0v) is 17.1. The first-order chi connectivity index (χ1) is 14.8. The van der Waals surface area contributed by atoms with Crippen molar-refractivity contribution in [2.24, 2.45) is 0 Å². The molecule has 2 heterocycles. The molecule has 6 rings (SSSR count). The van der Waals surface area contributed by atoms with Crippen LogP contribution in [0.3, 0.4) is 0 Å². The van der Waals surface area contributed by atoms with Gasteiger partial charge >= 0.3 is 0 Å². The summed E-state index contributed by atoms with van der Waals surface area (Å²) in [6.07, 6.45) is 5.17. The quantitative estimate of drug-likeness (QED) is 0.315. The lowest BCUT2D eigenvalue weighted by Crippen LogP contribution is -2.51. The SMILES string of the molecule is C/C=C\C1=C(CC)Oc2cccc3c2B1c1c(ccc2c1ccc1ccccc12)O3. The average Bonchev–Trinajstić information content (AvgIpc) is 2.79. The smallest absolute Gasteiger partial charge is 0.261 e. The molecule has 0 N–H and O–H groups in total. The molecular weight excluding hydrogens is 367 g/mol. The summed E-state index contributed by atoms with van der Waals surface area (Å²) in [5.74, 6) is 3.77. The van der Waals surface area contributed by atoms with E-state index < -0.39 is 0 Å². The molecule has 4 aromatic rings. The monoisotopic (exact) mass is 388 g/mol. The molecule has 2 nitrogen and oxygen atoms in total. The third-order valence-electron chi connectivity index (χ3n) is 6.28. The molecule has 30 heavy (non-hydrogen) atoms. The summed E-state index contributed by atoms with van der Waals surface area (Å²) in [5.41, 5.74) is 3.60. The van der Waals surface area contributed by atoms with Gasteiger partial charge in [0.25, 0.3) is 6.71 Å². The molecule has 0 amide bonds. The lowest BCUT2D eigenvalue weighted by molar-refractivity contribution is 0.402. The third kappa shape index (κ3) is 2.32. The molecule has 144 valence electrons. The Kier molecular flexibility index (Phi) is 3.79. The van der Waals surface area contributed by atoms with Crippen molar-refractivity contribution in [1.82, 2.24) is 0 Å². The van der Waals surface area contributed by atoms with Crippen molar-refractivity contribution in [3.8, 4) is 17.2 Å². The van der Waals surface area contributed by atoms with Gasteiger partial charge in [0.15, 0.2) is 0 Å². The van der Waals surface area contributed by atoms with Gasteiger partial charge in [-0.15, -0.1) is 0 Å². The number of allylic oxidation sites excluding steroid dienone is 4. The van der Waals surface area contributed by atoms with Gasteiger partial charge in [0.2, 0.25) is 0 Å². The zero-order valence-electron chi connectivity index (χ0n) is 17.1. The first-order valence-corrected chi connectivity index (χ1v) is 10.6. The highest BCUT2D eigenvalue weighted by Crippen LogP contribution is 2.38. The van der Waals surface area contributed by atoms with Crippen molar-refractivity contribution >= 4 is 39.2 Å². The Labute approximate surface area is 176 Å². The maximum Gasteiger partial charge on any atom is 0.261 e. The molecule has 0 aliphatic carbocycles. The van der Waals surface area contributed by atoms with Crippen LogP contribution in [0, 0.1) is 0 Å². The summed E-state index contributed by atoms with van der Waals surface area (Å²) >= 11 is 0. The van der Waals surface area contributed by atoms with Crippen molar-refractivity contribution in [3.63, 3.8) is 0 Å². The molecule has 4 aromatic carbocycles. The molecule has 0 aromatic heterocycles. The van der Waals surface area contributed by atoms with Crippen LogP contribution in [-0.2, 0) is 0 Å². The summed E-state index contributed by atoms with van der Waals surface area (Å²) < 4.78 is 12.8. The van der Waals surface area contributed by atoms with Crippen molar-refractivity contribution in [3.05, 3.63) is 90.1 Å².